The smallest absolute Gasteiger partial charge is 0.328 e. The molecule has 3 rings (SSSR count). The van der Waals surface area contributed by atoms with E-state index in [2.05, 4.69) is 4.98 Å². The van der Waals surface area contributed by atoms with E-state index in [4.69, 9.17) is 11.6 Å². The van der Waals surface area contributed by atoms with Gasteiger partial charge in [-0.3, -0.25) is 14.2 Å². The van der Waals surface area contributed by atoms with Crippen molar-refractivity contribution in [1.82, 2.24) is 14.5 Å². The summed E-state index contributed by atoms with van der Waals surface area (Å²) in [4.78, 5) is 41.1. The van der Waals surface area contributed by atoms with Crippen LogP contribution in [0, 0.1) is 0 Å². The van der Waals surface area contributed by atoms with Gasteiger partial charge in [-0.15, -0.1) is 0 Å². The predicted molar refractivity (Wildman–Crippen MR) is 87.0 cm³/mol. The summed E-state index contributed by atoms with van der Waals surface area (Å²) in [6, 6.07) is 6.98. The fourth-order valence-electron chi connectivity index (χ4n) is 2.70. The average Bonchev–Trinajstić information content (AvgIpc) is 3.07. The number of rotatable bonds is 3. The first-order chi connectivity index (χ1) is 11.1. The van der Waals surface area contributed by atoms with E-state index >= 15 is 0 Å². The number of carbonyl (C=O) groups is 1. The van der Waals surface area contributed by atoms with Crippen LogP contribution in [0.4, 0.5) is 0 Å². The van der Waals surface area contributed by atoms with Crippen LogP contribution in [-0.2, 0) is 6.54 Å². The molecule has 1 saturated heterocycles. The van der Waals surface area contributed by atoms with Crippen LogP contribution in [0.5, 0.6) is 0 Å². The lowest BCUT2D eigenvalue weighted by molar-refractivity contribution is 0.0789. The van der Waals surface area contributed by atoms with Gasteiger partial charge in [0.15, 0.2) is 0 Å². The molecule has 23 heavy (non-hydrogen) atoms. The Morgan fingerprint density at radius 2 is 1.87 bits per heavy atom. The molecule has 0 radical (unpaired) electrons. The third kappa shape index (κ3) is 3.07. The predicted octanol–water partition coefficient (Wildman–Crippen LogP) is 1.47. The zero-order chi connectivity index (χ0) is 16.4. The number of benzene rings is 1. The summed E-state index contributed by atoms with van der Waals surface area (Å²) in [5.74, 6) is -0.336. The van der Waals surface area contributed by atoms with Crippen LogP contribution in [0.3, 0.4) is 0 Å². The second kappa shape index (κ2) is 6.42. The van der Waals surface area contributed by atoms with Crippen LogP contribution in [0.25, 0.3) is 0 Å². The Hall–Kier alpha value is -2.34. The largest absolute Gasteiger partial charge is 0.338 e. The summed E-state index contributed by atoms with van der Waals surface area (Å²) in [5.41, 5.74) is -0.524. The van der Waals surface area contributed by atoms with E-state index < -0.39 is 11.2 Å². The van der Waals surface area contributed by atoms with E-state index in [-0.39, 0.29) is 18.0 Å². The maximum atomic E-state index is 12.6. The number of carbonyl (C=O) groups excluding carboxylic acids is 1. The molecular formula is C16H16ClN3O3. The second-order valence-electron chi connectivity index (χ2n) is 5.49. The number of nitrogens with one attached hydrogen (secondary N) is 1. The molecule has 1 N–H and O–H groups in total. The normalized spacial score (nSPS) is 14.2. The van der Waals surface area contributed by atoms with Crippen molar-refractivity contribution in [1.29, 1.82) is 0 Å². The van der Waals surface area contributed by atoms with Crippen molar-refractivity contribution in [2.75, 3.05) is 13.1 Å². The highest BCUT2D eigenvalue weighted by Gasteiger charge is 2.23. The van der Waals surface area contributed by atoms with Crippen LogP contribution in [-0.4, -0.2) is 33.4 Å². The summed E-state index contributed by atoms with van der Waals surface area (Å²) in [7, 11) is 0. The van der Waals surface area contributed by atoms with Gasteiger partial charge in [-0.1, -0.05) is 29.8 Å². The lowest BCUT2D eigenvalue weighted by Crippen LogP contribution is -2.41. The second-order valence-corrected chi connectivity index (χ2v) is 5.90. The Morgan fingerprint density at radius 3 is 2.57 bits per heavy atom. The third-order valence-corrected chi connectivity index (χ3v) is 4.34. The minimum absolute atomic E-state index is 0.0152. The number of aromatic nitrogens is 2. The molecule has 2 heterocycles. The number of amides is 1. The van der Waals surface area contributed by atoms with E-state index in [0.29, 0.717) is 23.7 Å². The molecule has 1 fully saturated rings. The molecule has 6 nitrogen and oxygen atoms in total. The molecule has 0 saturated carbocycles. The Balaban J connectivity index is 1.99. The van der Waals surface area contributed by atoms with Gasteiger partial charge in [0, 0.05) is 24.3 Å². The fourth-order valence-corrected chi connectivity index (χ4v) is 2.89. The Morgan fingerprint density at radius 1 is 1.17 bits per heavy atom. The monoisotopic (exact) mass is 333 g/mol. The molecule has 0 bridgehead atoms. The number of aromatic amines is 1. The van der Waals surface area contributed by atoms with E-state index in [1.54, 1.807) is 29.2 Å². The number of halogens is 1. The lowest BCUT2D eigenvalue weighted by Gasteiger charge is -2.15. The van der Waals surface area contributed by atoms with Gasteiger partial charge in [0.25, 0.3) is 11.5 Å². The molecular weight excluding hydrogens is 318 g/mol. The number of hydrogen-bond donors (Lipinski definition) is 1. The van der Waals surface area contributed by atoms with Crippen LogP contribution >= 0.6 is 11.6 Å². The van der Waals surface area contributed by atoms with E-state index in [9.17, 15) is 14.4 Å². The first-order valence-electron chi connectivity index (χ1n) is 7.43. The van der Waals surface area contributed by atoms with E-state index in [0.717, 1.165) is 17.4 Å². The van der Waals surface area contributed by atoms with Crippen molar-refractivity contribution in [3.8, 4) is 0 Å². The first kappa shape index (κ1) is 15.6. The zero-order valence-electron chi connectivity index (χ0n) is 12.4. The molecule has 0 atom stereocenters. The zero-order valence-corrected chi connectivity index (χ0v) is 13.2. The number of likely N-dealkylation sites (tertiary alicyclic amines) is 1. The van der Waals surface area contributed by atoms with Gasteiger partial charge in [0.1, 0.15) is 5.56 Å². The van der Waals surface area contributed by atoms with Crippen molar-refractivity contribution in [3.63, 3.8) is 0 Å². The molecule has 1 aromatic heterocycles. The SMILES string of the molecule is O=C(c1c[nH]c(=O)n(Cc2ccccc2Cl)c1=O)N1CCCC1. The first-order valence-corrected chi connectivity index (χ1v) is 7.81. The van der Waals surface area contributed by atoms with Crippen molar-refractivity contribution in [3.05, 3.63) is 67.4 Å². The minimum atomic E-state index is -0.592. The van der Waals surface area contributed by atoms with Gasteiger partial charge in [-0.2, -0.15) is 0 Å². The summed E-state index contributed by atoms with van der Waals surface area (Å²) in [5, 5.41) is 0.468. The van der Waals surface area contributed by atoms with Crippen LogP contribution in [0.15, 0.2) is 40.1 Å². The summed E-state index contributed by atoms with van der Waals surface area (Å²) >= 11 is 6.08. The van der Waals surface area contributed by atoms with Crippen LogP contribution in [0.2, 0.25) is 5.02 Å². The maximum absolute atomic E-state index is 12.6. The van der Waals surface area contributed by atoms with Crippen molar-refractivity contribution < 1.29 is 4.79 Å². The van der Waals surface area contributed by atoms with Crippen molar-refractivity contribution in [2.24, 2.45) is 0 Å². The topological polar surface area (TPSA) is 75.2 Å². The van der Waals surface area contributed by atoms with E-state index in [1.165, 1.54) is 6.20 Å². The molecule has 0 spiro atoms. The highest BCUT2D eigenvalue weighted by atomic mass is 35.5. The van der Waals surface area contributed by atoms with Gasteiger partial charge in [0.2, 0.25) is 0 Å². The van der Waals surface area contributed by atoms with Gasteiger partial charge in [-0.25, -0.2) is 4.79 Å². The molecule has 1 aromatic carbocycles. The van der Waals surface area contributed by atoms with Crippen LogP contribution < -0.4 is 11.2 Å². The molecule has 1 aliphatic heterocycles. The standard InChI is InChI=1S/C16H16ClN3O3/c17-13-6-2-1-5-11(13)10-20-15(22)12(9-18-16(20)23)14(21)19-7-3-4-8-19/h1-2,5-6,9H,3-4,7-8,10H2,(H,18,23). The molecule has 1 aliphatic rings. The average molecular weight is 334 g/mol. The fraction of sp³-hybridized carbons (Fsp3) is 0.312. The van der Waals surface area contributed by atoms with Crippen molar-refractivity contribution in [2.45, 2.75) is 19.4 Å². The van der Waals surface area contributed by atoms with E-state index in [1.807, 2.05) is 0 Å². The molecule has 0 unspecified atom stereocenters. The summed E-state index contributed by atoms with van der Waals surface area (Å²) < 4.78 is 1.00. The quantitative estimate of drug-likeness (QED) is 0.924. The summed E-state index contributed by atoms with van der Waals surface area (Å²) in [6.07, 6.45) is 3.07. The Kier molecular flexibility index (Phi) is 4.34. The van der Waals surface area contributed by atoms with Gasteiger partial charge in [-0.05, 0) is 24.5 Å². The third-order valence-electron chi connectivity index (χ3n) is 3.97. The van der Waals surface area contributed by atoms with Gasteiger partial charge >= 0.3 is 5.69 Å². The van der Waals surface area contributed by atoms with Crippen LogP contribution in [0.1, 0.15) is 28.8 Å². The number of hydrogen-bond acceptors (Lipinski definition) is 3. The summed E-state index contributed by atoms with van der Waals surface area (Å²) in [6.45, 7) is 1.30. The number of nitrogens with zero attached hydrogens (tertiary/aromatic N) is 2. The molecule has 0 aliphatic carbocycles. The van der Waals surface area contributed by atoms with Gasteiger partial charge < -0.3 is 9.88 Å². The Bertz CT molecular complexity index is 850. The lowest BCUT2D eigenvalue weighted by atomic mass is 10.2. The molecule has 7 heteroatoms. The van der Waals surface area contributed by atoms with Crippen molar-refractivity contribution >= 4 is 17.5 Å². The molecule has 1 amide bonds. The minimum Gasteiger partial charge on any atom is -0.338 e. The Labute approximate surface area is 137 Å². The number of H-pyrrole nitrogens is 1. The van der Waals surface area contributed by atoms with Gasteiger partial charge in [0.05, 0.1) is 6.54 Å². The highest BCUT2D eigenvalue weighted by molar-refractivity contribution is 6.31. The maximum Gasteiger partial charge on any atom is 0.328 e. The molecule has 120 valence electrons. The molecule has 2 aromatic rings. The highest BCUT2D eigenvalue weighted by Crippen LogP contribution is 2.15.